The van der Waals surface area contributed by atoms with E-state index in [0.717, 1.165) is 39.7 Å². The van der Waals surface area contributed by atoms with Gasteiger partial charge in [-0.25, -0.2) is 9.97 Å². The summed E-state index contributed by atoms with van der Waals surface area (Å²) in [5.74, 6) is 0.756. The van der Waals surface area contributed by atoms with Gasteiger partial charge in [0.05, 0.1) is 33.5 Å². The Morgan fingerprint density at radius 3 is 1.81 bits per heavy atom. The van der Waals surface area contributed by atoms with Crippen LogP contribution < -0.4 is 10.4 Å². The van der Waals surface area contributed by atoms with Crippen LogP contribution in [0.25, 0.3) is 88.9 Å². The van der Waals surface area contributed by atoms with E-state index in [9.17, 15) is 0 Å². The van der Waals surface area contributed by atoms with Crippen molar-refractivity contribution in [3.05, 3.63) is 170 Å². The highest BCUT2D eigenvalue weighted by Gasteiger charge is 2.41. The number of nitrogens with zero attached hydrogens (tertiary/aromatic N) is 4. The number of aromatic nitrogens is 4. The zero-order valence-corrected chi connectivity index (χ0v) is 30.5. The van der Waals surface area contributed by atoms with Gasteiger partial charge < -0.3 is 9.13 Å². The lowest BCUT2D eigenvalue weighted by atomic mass is 10.1. The standard InChI is InChI=1S/C48H34N4Si/c1-53(2)42-24-14-11-21-38(42)45-47(53)44(31-15-5-3-6-16-31)49-48(50-45)32-25-27-34(28-26-32)51-40-23-13-10-20-37(40)43-41(51)30-29-36-35-19-9-12-22-39(35)52(46(36)43)33-17-7-4-8-18-33/h3-30H,1-2H3. The van der Waals surface area contributed by atoms with Crippen LogP contribution in [0.1, 0.15) is 0 Å². The van der Waals surface area contributed by atoms with E-state index in [4.69, 9.17) is 9.97 Å². The van der Waals surface area contributed by atoms with Gasteiger partial charge in [0, 0.05) is 44.0 Å². The van der Waals surface area contributed by atoms with Crippen molar-refractivity contribution in [2.75, 3.05) is 0 Å². The van der Waals surface area contributed by atoms with Gasteiger partial charge in [-0.3, -0.25) is 0 Å². The molecule has 0 bridgehead atoms. The van der Waals surface area contributed by atoms with Crippen LogP contribution >= 0.6 is 0 Å². The average Bonchev–Trinajstić information content (AvgIpc) is 3.82. The minimum Gasteiger partial charge on any atom is -0.309 e. The van der Waals surface area contributed by atoms with E-state index in [1.165, 1.54) is 59.5 Å². The van der Waals surface area contributed by atoms with Crippen molar-refractivity contribution in [1.82, 2.24) is 19.1 Å². The highest BCUT2D eigenvalue weighted by atomic mass is 28.3. The first-order valence-corrected chi connectivity index (χ1v) is 21.3. The Morgan fingerprint density at radius 1 is 0.434 bits per heavy atom. The highest BCUT2D eigenvalue weighted by Crippen LogP contribution is 2.42. The summed E-state index contributed by atoms with van der Waals surface area (Å²) in [7, 11) is -2.02. The number of para-hydroxylation sites is 3. The van der Waals surface area contributed by atoms with Gasteiger partial charge in [-0.05, 0) is 70.5 Å². The Kier molecular flexibility index (Phi) is 6.37. The Labute approximate surface area is 308 Å². The number of hydrogen-bond acceptors (Lipinski definition) is 2. The molecule has 5 heteroatoms. The average molecular weight is 695 g/mol. The predicted octanol–water partition coefficient (Wildman–Crippen LogP) is 10.8. The maximum atomic E-state index is 5.36. The second kappa shape index (κ2) is 11.2. The molecule has 0 atom stereocenters. The summed E-state index contributed by atoms with van der Waals surface area (Å²) < 4.78 is 4.84. The summed E-state index contributed by atoms with van der Waals surface area (Å²) in [6.45, 7) is 4.86. The topological polar surface area (TPSA) is 35.6 Å². The van der Waals surface area contributed by atoms with E-state index in [1.807, 2.05) is 0 Å². The summed E-state index contributed by atoms with van der Waals surface area (Å²) in [4.78, 5) is 10.7. The highest BCUT2D eigenvalue weighted by molar-refractivity contribution is 7.04. The van der Waals surface area contributed by atoms with Gasteiger partial charge in [0.2, 0.25) is 0 Å². The molecular weight excluding hydrogens is 661 g/mol. The van der Waals surface area contributed by atoms with Gasteiger partial charge >= 0.3 is 0 Å². The minimum atomic E-state index is -2.02. The molecule has 0 fully saturated rings. The number of rotatable bonds is 4. The molecule has 11 rings (SSSR count). The van der Waals surface area contributed by atoms with Crippen LogP contribution in [0.15, 0.2) is 170 Å². The molecule has 4 nitrogen and oxygen atoms in total. The Hall–Kier alpha value is -6.56. The smallest absolute Gasteiger partial charge is 0.160 e. The number of fused-ring (bicyclic) bond motifs is 10. The van der Waals surface area contributed by atoms with E-state index in [-0.39, 0.29) is 0 Å². The maximum Gasteiger partial charge on any atom is 0.160 e. The zero-order valence-electron chi connectivity index (χ0n) is 29.5. The zero-order chi connectivity index (χ0) is 35.3. The molecule has 10 aromatic rings. The van der Waals surface area contributed by atoms with E-state index < -0.39 is 8.07 Å². The van der Waals surface area contributed by atoms with E-state index in [2.05, 4.69) is 192 Å². The fourth-order valence-corrected chi connectivity index (χ4v) is 12.2. The Balaban J connectivity index is 1.12. The SMILES string of the molecule is C[Si]1(C)c2ccccc2-c2nc(-c3ccc(-n4c5ccccc5c5c4ccc4c6ccccc6n(-c6ccccc6)c45)cc3)nc(-c3ccccc3)c21. The first-order valence-electron chi connectivity index (χ1n) is 18.3. The molecule has 0 spiro atoms. The van der Waals surface area contributed by atoms with Gasteiger partial charge in [0.1, 0.15) is 8.07 Å². The summed E-state index contributed by atoms with van der Waals surface area (Å²) >= 11 is 0. The summed E-state index contributed by atoms with van der Waals surface area (Å²) in [5, 5.41) is 7.76. The molecule has 53 heavy (non-hydrogen) atoms. The lowest BCUT2D eigenvalue weighted by Crippen LogP contribution is -2.50. The summed E-state index contributed by atoms with van der Waals surface area (Å²) in [6.07, 6.45) is 0. The summed E-state index contributed by atoms with van der Waals surface area (Å²) in [6, 6.07) is 61.2. The van der Waals surface area contributed by atoms with Crippen molar-refractivity contribution in [3.8, 4) is 45.3 Å². The molecular formula is C48H34N4Si. The number of hydrogen-bond donors (Lipinski definition) is 0. The van der Waals surface area contributed by atoms with Crippen molar-refractivity contribution in [1.29, 1.82) is 0 Å². The van der Waals surface area contributed by atoms with Crippen LogP contribution in [-0.4, -0.2) is 27.2 Å². The van der Waals surface area contributed by atoms with Gasteiger partial charge in [-0.1, -0.05) is 128 Å². The molecule has 3 aromatic heterocycles. The molecule has 0 unspecified atom stereocenters. The van der Waals surface area contributed by atoms with Crippen LogP contribution in [0.2, 0.25) is 13.1 Å². The number of benzene rings is 7. The van der Waals surface area contributed by atoms with Crippen LogP contribution in [0, 0.1) is 0 Å². The molecule has 0 aliphatic carbocycles. The second-order valence-electron chi connectivity index (χ2n) is 14.6. The lowest BCUT2D eigenvalue weighted by Gasteiger charge is -2.21. The van der Waals surface area contributed by atoms with Gasteiger partial charge in [-0.2, -0.15) is 0 Å². The normalized spacial score (nSPS) is 13.2. The molecule has 0 amide bonds. The predicted molar refractivity (Wildman–Crippen MR) is 224 cm³/mol. The molecule has 0 N–H and O–H groups in total. The fourth-order valence-electron chi connectivity index (χ4n) is 8.94. The molecule has 250 valence electrons. The van der Waals surface area contributed by atoms with Crippen molar-refractivity contribution in [2.24, 2.45) is 0 Å². The van der Waals surface area contributed by atoms with Crippen LogP contribution in [0.4, 0.5) is 0 Å². The largest absolute Gasteiger partial charge is 0.309 e. The maximum absolute atomic E-state index is 5.36. The van der Waals surface area contributed by atoms with E-state index in [0.29, 0.717) is 0 Å². The molecule has 0 saturated heterocycles. The molecule has 7 aromatic carbocycles. The summed E-state index contributed by atoms with van der Waals surface area (Å²) in [5.41, 5.74) is 12.6. The molecule has 1 aliphatic rings. The van der Waals surface area contributed by atoms with E-state index >= 15 is 0 Å². The minimum absolute atomic E-state index is 0.756. The van der Waals surface area contributed by atoms with Gasteiger partial charge in [0.25, 0.3) is 0 Å². The van der Waals surface area contributed by atoms with E-state index in [1.54, 1.807) is 0 Å². The third-order valence-corrected chi connectivity index (χ3v) is 14.8. The molecule has 1 aliphatic heterocycles. The fraction of sp³-hybridized carbons (Fsp3) is 0.0417. The Morgan fingerprint density at radius 2 is 1.04 bits per heavy atom. The molecule has 4 heterocycles. The first kappa shape index (κ1) is 30.1. The van der Waals surface area contributed by atoms with Crippen LogP contribution in [0.5, 0.6) is 0 Å². The van der Waals surface area contributed by atoms with Gasteiger partial charge in [0.15, 0.2) is 5.82 Å². The lowest BCUT2D eigenvalue weighted by molar-refractivity contribution is 1.17. The monoisotopic (exact) mass is 694 g/mol. The van der Waals surface area contributed by atoms with Crippen molar-refractivity contribution < 1.29 is 0 Å². The second-order valence-corrected chi connectivity index (χ2v) is 18.9. The third-order valence-electron chi connectivity index (χ3n) is 11.3. The quantitative estimate of drug-likeness (QED) is 0.172. The first-order chi connectivity index (χ1) is 26.1. The van der Waals surface area contributed by atoms with Crippen LogP contribution in [0.3, 0.4) is 0 Å². The molecule has 0 radical (unpaired) electrons. The third kappa shape index (κ3) is 4.29. The Bertz CT molecular complexity index is 3070. The van der Waals surface area contributed by atoms with Gasteiger partial charge in [-0.15, -0.1) is 0 Å². The van der Waals surface area contributed by atoms with Crippen molar-refractivity contribution in [2.45, 2.75) is 13.1 Å². The van der Waals surface area contributed by atoms with Crippen molar-refractivity contribution in [3.63, 3.8) is 0 Å². The van der Waals surface area contributed by atoms with Crippen molar-refractivity contribution >= 4 is 62.1 Å². The molecule has 0 saturated carbocycles. The van der Waals surface area contributed by atoms with Crippen LogP contribution in [-0.2, 0) is 0 Å².